The fourth-order valence-electron chi connectivity index (χ4n) is 2.23. The van der Waals surface area contributed by atoms with Crippen LogP contribution in [0.25, 0.3) is 0 Å². The summed E-state index contributed by atoms with van der Waals surface area (Å²) >= 11 is 0. The van der Waals surface area contributed by atoms with Crippen molar-refractivity contribution < 1.29 is 9.84 Å². The van der Waals surface area contributed by atoms with Crippen LogP contribution < -0.4 is 0 Å². The van der Waals surface area contributed by atoms with Crippen molar-refractivity contribution in [1.29, 1.82) is 0 Å². The Kier molecular flexibility index (Phi) is 5.17. The van der Waals surface area contributed by atoms with Gasteiger partial charge in [-0.25, -0.2) is 0 Å². The molecular weight excluding hydrogens is 226 g/mol. The van der Waals surface area contributed by atoms with E-state index >= 15 is 0 Å². The van der Waals surface area contributed by atoms with Crippen LogP contribution in [-0.2, 0) is 11.2 Å². The van der Waals surface area contributed by atoms with Crippen LogP contribution in [0.5, 0.6) is 0 Å². The number of rotatable bonds is 5. The standard InChI is InChI=1S/C15H23NO2/c1-13(12-17)15-4-2-14(3-5-15)6-7-16-8-10-18-11-9-16/h2-5,13,17H,6-12H2,1H3. The van der Waals surface area contributed by atoms with Gasteiger partial charge in [-0.15, -0.1) is 0 Å². The lowest BCUT2D eigenvalue weighted by Gasteiger charge is -2.26. The first-order valence-electron chi connectivity index (χ1n) is 6.79. The van der Waals surface area contributed by atoms with Gasteiger partial charge in [0, 0.05) is 32.2 Å². The molecule has 1 aromatic rings. The number of aliphatic hydroxyl groups is 1. The normalized spacial score (nSPS) is 18.8. The molecule has 3 nitrogen and oxygen atoms in total. The zero-order valence-corrected chi connectivity index (χ0v) is 11.1. The van der Waals surface area contributed by atoms with Crippen LogP contribution in [0.15, 0.2) is 24.3 Å². The molecule has 0 aliphatic carbocycles. The van der Waals surface area contributed by atoms with Crippen LogP contribution in [0.1, 0.15) is 24.0 Å². The van der Waals surface area contributed by atoms with E-state index in [9.17, 15) is 0 Å². The van der Waals surface area contributed by atoms with E-state index in [0.29, 0.717) is 0 Å². The van der Waals surface area contributed by atoms with E-state index in [4.69, 9.17) is 9.84 Å². The molecule has 1 aromatic carbocycles. The Morgan fingerprint density at radius 3 is 2.50 bits per heavy atom. The molecule has 1 atom stereocenters. The quantitative estimate of drug-likeness (QED) is 0.861. The molecule has 1 heterocycles. The van der Waals surface area contributed by atoms with E-state index in [1.54, 1.807) is 0 Å². The van der Waals surface area contributed by atoms with E-state index in [2.05, 4.69) is 29.2 Å². The molecule has 0 bridgehead atoms. The van der Waals surface area contributed by atoms with Crippen LogP contribution in [0.4, 0.5) is 0 Å². The number of hydrogen-bond donors (Lipinski definition) is 1. The van der Waals surface area contributed by atoms with E-state index < -0.39 is 0 Å². The van der Waals surface area contributed by atoms with Gasteiger partial charge in [0.2, 0.25) is 0 Å². The molecule has 0 aromatic heterocycles. The second-order valence-electron chi connectivity index (χ2n) is 5.03. The monoisotopic (exact) mass is 249 g/mol. The molecule has 0 spiro atoms. The van der Waals surface area contributed by atoms with Crippen LogP contribution in [0.3, 0.4) is 0 Å². The zero-order valence-electron chi connectivity index (χ0n) is 11.1. The van der Waals surface area contributed by atoms with Gasteiger partial charge >= 0.3 is 0 Å². The Morgan fingerprint density at radius 2 is 1.89 bits per heavy atom. The maximum absolute atomic E-state index is 9.11. The lowest BCUT2D eigenvalue weighted by atomic mass is 10.00. The second kappa shape index (κ2) is 6.88. The van der Waals surface area contributed by atoms with E-state index in [0.717, 1.165) is 39.3 Å². The molecule has 1 fully saturated rings. The van der Waals surface area contributed by atoms with Crippen molar-refractivity contribution in [1.82, 2.24) is 4.90 Å². The maximum Gasteiger partial charge on any atom is 0.0594 e. The molecule has 0 amide bonds. The lowest BCUT2D eigenvalue weighted by Crippen LogP contribution is -2.37. The highest BCUT2D eigenvalue weighted by molar-refractivity contribution is 5.25. The summed E-state index contributed by atoms with van der Waals surface area (Å²) in [6.45, 7) is 7.22. The highest BCUT2D eigenvalue weighted by Gasteiger charge is 2.10. The summed E-state index contributed by atoms with van der Waals surface area (Å²) in [5.74, 6) is 0.235. The van der Waals surface area contributed by atoms with E-state index in [1.165, 1.54) is 11.1 Å². The number of nitrogens with zero attached hydrogens (tertiary/aromatic N) is 1. The van der Waals surface area contributed by atoms with Gasteiger partial charge < -0.3 is 9.84 Å². The van der Waals surface area contributed by atoms with Gasteiger partial charge in [-0.3, -0.25) is 4.90 Å². The van der Waals surface area contributed by atoms with Gasteiger partial charge in [0.1, 0.15) is 0 Å². The third kappa shape index (κ3) is 3.80. The first-order valence-corrected chi connectivity index (χ1v) is 6.79. The molecule has 1 N–H and O–H groups in total. The van der Waals surface area contributed by atoms with Gasteiger partial charge in [0.25, 0.3) is 0 Å². The Bertz CT molecular complexity index is 344. The summed E-state index contributed by atoms with van der Waals surface area (Å²) in [7, 11) is 0. The summed E-state index contributed by atoms with van der Waals surface area (Å²) in [6, 6.07) is 8.63. The topological polar surface area (TPSA) is 32.7 Å². The van der Waals surface area contributed by atoms with Crippen molar-refractivity contribution in [3.8, 4) is 0 Å². The first kappa shape index (κ1) is 13.5. The summed E-state index contributed by atoms with van der Waals surface area (Å²) in [5.41, 5.74) is 2.59. The molecule has 3 heteroatoms. The largest absolute Gasteiger partial charge is 0.396 e. The highest BCUT2D eigenvalue weighted by Crippen LogP contribution is 2.15. The van der Waals surface area contributed by atoms with Crippen molar-refractivity contribution in [2.24, 2.45) is 0 Å². The molecule has 2 rings (SSSR count). The second-order valence-corrected chi connectivity index (χ2v) is 5.03. The van der Waals surface area contributed by atoms with Gasteiger partial charge in [0.05, 0.1) is 13.2 Å². The number of hydrogen-bond acceptors (Lipinski definition) is 3. The summed E-state index contributed by atoms with van der Waals surface area (Å²) in [5, 5.41) is 9.11. The van der Waals surface area contributed by atoms with Crippen molar-refractivity contribution in [3.05, 3.63) is 35.4 Å². The van der Waals surface area contributed by atoms with Gasteiger partial charge in [-0.05, 0) is 17.5 Å². The summed E-state index contributed by atoms with van der Waals surface area (Å²) in [4.78, 5) is 2.45. The van der Waals surface area contributed by atoms with E-state index in [-0.39, 0.29) is 12.5 Å². The third-order valence-corrected chi connectivity index (χ3v) is 3.64. The molecule has 0 radical (unpaired) electrons. The average molecular weight is 249 g/mol. The Morgan fingerprint density at radius 1 is 1.22 bits per heavy atom. The van der Waals surface area contributed by atoms with Gasteiger partial charge in [-0.2, -0.15) is 0 Å². The number of benzene rings is 1. The molecule has 100 valence electrons. The third-order valence-electron chi connectivity index (χ3n) is 3.64. The SMILES string of the molecule is CC(CO)c1ccc(CCN2CCOCC2)cc1. The minimum absolute atomic E-state index is 0.215. The van der Waals surface area contributed by atoms with Crippen molar-refractivity contribution >= 4 is 0 Å². The minimum Gasteiger partial charge on any atom is -0.396 e. The van der Waals surface area contributed by atoms with Crippen molar-refractivity contribution in [3.63, 3.8) is 0 Å². The molecule has 0 saturated carbocycles. The average Bonchev–Trinajstić information content (AvgIpc) is 2.46. The smallest absolute Gasteiger partial charge is 0.0594 e. The fourth-order valence-corrected chi connectivity index (χ4v) is 2.23. The molecular formula is C15H23NO2. The number of ether oxygens (including phenoxy) is 1. The Balaban J connectivity index is 1.82. The fraction of sp³-hybridized carbons (Fsp3) is 0.600. The molecule has 1 unspecified atom stereocenters. The Hall–Kier alpha value is -0.900. The van der Waals surface area contributed by atoms with Gasteiger partial charge in [0.15, 0.2) is 0 Å². The lowest BCUT2D eigenvalue weighted by molar-refractivity contribution is 0.0384. The van der Waals surface area contributed by atoms with Crippen molar-refractivity contribution in [2.45, 2.75) is 19.3 Å². The zero-order chi connectivity index (χ0) is 12.8. The van der Waals surface area contributed by atoms with Crippen LogP contribution >= 0.6 is 0 Å². The molecule has 18 heavy (non-hydrogen) atoms. The summed E-state index contributed by atoms with van der Waals surface area (Å²) < 4.78 is 5.34. The predicted molar refractivity (Wildman–Crippen MR) is 72.9 cm³/mol. The van der Waals surface area contributed by atoms with E-state index in [1.807, 2.05) is 6.92 Å². The molecule has 1 saturated heterocycles. The minimum atomic E-state index is 0.215. The molecule has 1 aliphatic heterocycles. The van der Waals surface area contributed by atoms with Crippen LogP contribution in [0, 0.1) is 0 Å². The van der Waals surface area contributed by atoms with Gasteiger partial charge in [-0.1, -0.05) is 31.2 Å². The number of morpholine rings is 1. The first-order chi connectivity index (χ1) is 8.79. The maximum atomic E-state index is 9.11. The Labute approximate surface area is 109 Å². The summed E-state index contributed by atoms with van der Waals surface area (Å²) in [6.07, 6.45) is 1.09. The van der Waals surface area contributed by atoms with Crippen LogP contribution in [-0.4, -0.2) is 49.5 Å². The highest BCUT2D eigenvalue weighted by atomic mass is 16.5. The predicted octanol–water partition coefficient (Wildman–Crippen LogP) is 1.66. The van der Waals surface area contributed by atoms with Crippen molar-refractivity contribution in [2.75, 3.05) is 39.5 Å². The van der Waals surface area contributed by atoms with Crippen LogP contribution in [0.2, 0.25) is 0 Å². The number of aliphatic hydroxyl groups excluding tert-OH is 1. The molecule has 1 aliphatic rings.